The third-order valence-electron chi connectivity index (χ3n) is 4.14. The molecular formula is C15H19BrFNO. The van der Waals surface area contributed by atoms with E-state index in [0.717, 1.165) is 25.1 Å². The number of rotatable bonds is 4. The minimum Gasteiger partial charge on any atom is -0.316 e. The summed E-state index contributed by atoms with van der Waals surface area (Å²) >= 11 is 3.27. The molecule has 4 heteroatoms. The Bertz CT molecular complexity index is 461. The van der Waals surface area contributed by atoms with Crippen molar-refractivity contribution in [2.45, 2.75) is 26.7 Å². The minimum atomic E-state index is -0.305. The van der Waals surface area contributed by atoms with E-state index in [2.05, 4.69) is 35.1 Å². The number of benzene rings is 1. The first-order valence-electron chi connectivity index (χ1n) is 6.63. The smallest absolute Gasteiger partial charge is 0.144 e. The summed E-state index contributed by atoms with van der Waals surface area (Å²) in [6.45, 7) is 5.80. The molecule has 1 aromatic rings. The lowest BCUT2D eigenvalue weighted by atomic mass is 9.71. The molecule has 1 aromatic carbocycles. The van der Waals surface area contributed by atoms with Gasteiger partial charge in [-0.05, 0) is 42.6 Å². The summed E-state index contributed by atoms with van der Waals surface area (Å²) in [6.07, 6.45) is 1.18. The Morgan fingerprint density at radius 2 is 2.21 bits per heavy atom. The van der Waals surface area contributed by atoms with Gasteiger partial charge in [0.2, 0.25) is 0 Å². The van der Waals surface area contributed by atoms with Crippen molar-refractivity contribution in [2.24, 2.45) is 11.3 Å². The van der Waals surface area contributed by atoms with Gasteiger partial charge >= 0.3 is 0 Å². The highest BCUT2D eigenvalue weighted by Crippen LogP contribution is 2.36. The van der Waals surface area contributed by atoms with Crippen LogP contribution in [0.2, 0.25) is 0 Å². The molecule has 0 aromatic heterocycles. The fourth-order valence-electron chi connectivity index (χ4n) is 2.84. The lowest BCUT2D eigenvalue weighted by Crippen LogP contribution is -2.39. The first-order valence-corrected chi connectivity index (χ1v) is 7.42. The Hall–Kier alpha value is -0.740. The van der Waals surface area contributed by atoms with Gasteiger partial charge in [0.25, 0.3) is 0 Å². The maximum absolute atomic E-state index is 13.4. The highest BCUT2D eigenvalue weighted by molar-refractivity contribution is 9.10. The Morgan fingerprint density at radius 1 is 1.47 bits per heavy atom. The molecule has 0 saturated carbocycles. The average Bonchev–Trinajstić information content (AvgIpc) is 2.77. The number of Topliss-reactive ketones (excluding diaryl/α,β-unsaturated/α-hetero) is 1. The molecule has 1 aliphatic rings. The number of halogens is 2. The van der Waals surface area contributed by atoms with Crippen LogP contribution in [-0.2, 0) is 11.2 Å². The fraction of sp³-hybridized carbons (Fsp3) is 0.533. The van der Waals surface area contributed by atoms with Crippen LogP contribution in [0.15, 0.2) is 22.7 Å². The molecule has 0 spiro atoms. The van der Waals surface area contributed by atoms with E-state index in [1.165, 1.54) is 12.1 Å². The van der Waals surface area contributed by atoms with Gasteiger partial charge in [-0.3, -0.25) is 4.79 Å². The molecular weight excluding hydrogens is 309 g/mol. The van der Waals surface area contributed by atoms with Crippen LogP contribution < -0.4 is 5.32 Å². The molecule has 0 bridgehead atoms. The van der Waals surface area contributed by atoms with Gasteiger partial charge in [0.05, 0.1) is 0 Å². The van der Waals surface area contributed by atoms with Crippen molar-refractivity contribution in [3.63, 3.8) is 0 Å². The summed E-state index contributed by atoms with van der Waals surface area (Å²) in [7, 11) is 0. The number of hydrogen-bond acceptors (Lipinski definition) is 2. The van der Waals surface area contributed by atoms with E-state index < -0.39 is 0 Å². The van der Waals surface area contributed by atoms with Crippen LogP contribution in [0.25, 0.3) is 0 Å². The second-order valence-electron chi connectivity index (χ2n) is 5.62. The summed E-state index contributed by atoms with van der Waals surface area (Å²) in [5.41, 5.74) is 0.447. The molecule has 1 saturated heterocycles. The Morgan fingerprint density at radius 3 is 2.74 bits per heavy atom. The number of carbonyl (C=O) groups is 1. The molecule has 19 heavy (non-hydrogen) atoms. The lowest BCUT2D eigenvalue weighted by Gasteiger charge is -2.31. The van der Waals surface area contributed by atoms with Crippen LogP contribution in [0.3, 0.4) is 0 Å². The average molecular weight is 328 g/mol. The van der Waals surface area contributed by atoms with Gasteiger partial charge in [0.1, 0.15) is 11.6 Å². The van der Waals surface area contributed by atoms with E-state index in [9.17, 15) is 9.18 Å². The molecule has 1 N–H and O–H groups in total. The SMILES string of the molecule is CC(C)C1(C(=O)Cc2cc(F)cc(Br)c2)CCNC1. The Kier molecular flexibility index (Phi) is 4.41. The molecule has 0 radical (unpaired) electrons. The maximum Gasteiger partial charge on any atom is 0.144 e. The summed E-state index contributed by atoms with van der Waals surface area (Å²) in [6, 6.07) is 4.67. The zero-order chi connectivity index (χ0) is 14.0. The first-order chi connectivity index (χ1) is 8.94. The van der Waals surface area contributed by atoms with Crippen molar-refractivity contribution in [1.29, 1.82) is 0 Å². The van der Waals surface area contributed by atoms with Crippen LogP contribution in [0.1, 0.15) is 25.8 Å². The van der Waals surface area contributed by atoms with Crippen molar-refractivity contribution >= 4 is 21.7 Å². The molecule has 0 aliphatic carbocycles. The molecule has 1 heterocycles. The number of nitrogens with one attached hydrogen (secondary N) is 1. The summed E-state index contributed by atoms with van der Waals surface area (Å²) in [4.78, 5) is 12.6. The van der Waals surface area contributed by atoms with Crippen LogP contribution in [0, 0.1) is 17.2 Å². The quantitative estimate of drug-likeness (QED) is 0.918. The van der Waals surface area contributed by atoms with E-state index >= 15 is 0 Å². The minimum absolute atomic E-state index is 0.213. The zero-order valence-corrected chi connectivity index (χ0v) is 12.9. The zero-order valence-electron chi connectivity index (χ0n) is 11.3. The second kappa shape index (κ2) is 5.71. The third kappa shape index (κ3) is 3.06. The predicted octanol–water partition coefficient (Wildman–Crippen LogP) is 3.34. The number of carbonyl (C=O) groups excluding carboxylic acids is 1. The highest BCUT2D eigenvalue weighted by atomic mass is 79.9. The standard InChI is InChI=1S/C15H19BrFNO/c1-10(2)15(3-4-18-9-15)14(19)7-11-5-12(16)8-13(17)6-11/h5-6,8,10,18H,3-4,7,9H2,1-2H3. The normalized spacial score (nSPS) is 23.0. The van der Waals surface area contributed by atoms with Crippen molar-refractivity contribution in [1.82, 2.24) is 5.32 Å². The van der Waals surface area contributed by atoms with Gasteiger partial charge in [0, 0.05) is 22.9 Å². The fourth-order valence-corrected chi connectivity index (χ4v) is 3.35. The van der Waals surface area contributed by atoms with Crippen LogP contribution in [-0.4, -0.2) is 18.9 Å². The van der Waals surface area contributed by atoms with Crippen LogP contribution in [0.5, 0.6) is 0 Å². The van der Waals surface area contributed by atoms with E-state index in [1.54, 1.807) is 0 Å². The Labute approximate surface area is 121 Å². The lowest BCUT2D eigenvalue weighted by molar-refractivity contribution is -0.129. The van der Waals surface area contributed by atoms with Gasteiger partial charge in [-0.2, -0.15) is 0 Å². The molecule has 0 amide bonds. The molecule has 1 aliphatic heterocycles. The van der Waals surface area contributed by atoms with E-state index in [4.69, 9.17) is 0 Å². The molecule has 104 valence electrons. The van der Waals surface area contributed by atoms with Crippen molar-refractivity contribution in [3.8, 4) is 0 Å². The monoisotopic (exact) mass is 327 g/mol. The van der Waals surface area contributed by atoms with Crippen molar-refractivity contribution < 1.29 is 9.18 Å². The second-order valence-corrected chi connectivity index (χ2v) is 6.53. The molecule has 2 nitrogen and oxygen atoms in total. The molecule has 1 fully saturated rings. The molecule has 2 rings (SSSR count). The summed E-state index contributed by atoms with van der Waals surface area (Å²) in [5, 5.41) is 3.28. The van der Waals surface area contributed by atoms with E-state index in [0.29, 0.717) is 16.8 Å². The predicted molar refractivity (Wildman–Crippen MR) is 77.6 cm³/mol. The first kappa shape index (κ1) is 14.7. The van der Waals surface area contributed by atoms with Gasteiger partial charge < -0.3 is 5.32 Å². The van der Waals surface area contributed by atoms with Crippen LogP contribution in [0.4, 0.5) is 4.39 Å². The number of ketones is 1. The van der Waals surface area contributed by atoms with Gasteiger partial charge in [-0.15, -0.1) is 0 Å². The van der Waals surface area contributed by atoms with E-state index in [-0.39, 0.29) is 17.0 Å². The summed E-state index contributed by atoms with van der Waals surface area (Å²) < 4.78 is 14.0. The molecule has 1 atom stereocenters. The van der Waals surface area contributed by atoms with Crippen LogP contribution >= 0.6 is 15.9 Å². The largest absolute Gasteiger partial charge is 0.316 e. The summed E-state index contributed by atoms with van der Waals surface area (Å²) in [5.74, 6) is 0.206. The van der Waals surface area contributed by atoms with Gasteiger partial charge in [-0.25, -0.2) is 4.39 Å². The number of hydrogen-bond donors (Lipinski definition) is 1. The maximum atomic E-state index is 13.4. The van der Waals surface area contributed by atoms with Gasteiger partial charge in [0.15, 0.2) is 0 Å². The Balaban J connectivity index is 2.20. The van der Waals surface area contributed by atoms with E-state index in [1.807, 2.05) is 6.07 Å². The van der Waals surface area contributed by atoms with Crippen molar-refractivity contribution in [2.75, 3.05) is 13.1 Å². The third-order valence-corrected chi connectivity index (χ3v) is 4.59. The topological polar surface area (TPSA) is 29.1 Å². The molecule has 1 unspecified atom stereocenters. The van der Waals surface area contributed by atoms with Gasteiger partial charge in [-0.1, -0.05) is 29.8 Å². The highest BCUT2D eigenvalue weighted by Gasteiger charge is 2.43. The van der Waals surface area contributed by atoms with Crippen molar-refractivity contribution in [3.05, 3.63) is 34.1 Å².